The third-order valence-corrected chi connectivity index (χ3v) is 0.881. The van der Waals surface area contributed by atoms with E-state index in [1.165, 1.54) is 6.92 Å². The molecule has 0 spiro atoms. The van der Waals surface area contributed by atoms with Crippen molar-refractivity contribution in [3.8, 4) is 0 Å². The second kappa shape index (κ2) is 5.20. The molecule has 0 aliphatic carbocycles. The van der Waals surface area contributed by atoms with Gasteiger partial charge in [0.25, 0.3) is 0 Å². The number of hydrogen-bond acceptors (Lipinski definition) is 4. The minimum Gasteiger partial charge on any atom is -0.464 e. The van der Waals surface area contributed by atoms with Crippen molar-refractivity contribution in [1.82, 2.24) is 0 Å². The van der Waals surface area contributed by atoms with Gasteiger partial charge in [-0.05, 0) is 0 Å². The van der Waals surface area contributed by atoms with Crippen LogP contribution in [-0.4, -0.2) is 32.3 Å². The normalized spacial score (nSPS) is 12.7. The maximum absolute atomic E-state index is 10.2. The Morgan fingerprint density at radius 1 is 1.60 bits per heavy atom. The van der Waals surface area contributed by atoms with E-state index < -0.39 is 0 Å². The standard InChI is InChI=1S/C6H13NO3/c1-5(8)10-4-6(7)3-9-2/h6H,3-4,7H2,1-2H3. The summed E-state index contributed by atoms with van der Waals surface area (Å²) in [5.41, 5.74) is 5.43. The van der Waals surface area contributed by atoms with Gasteiger partial charge >= 0.3 is 5.97 Å². The van der Waals surface area contributed by atoms with Crippen molar-refractivity contribution in [1.29, 1.82) is 0 Å². The second-order valence-corrected chi connectivity index (χ2v) is 2.02. The quantitative estimate of drug-likeness (QED) is 0.546. The van der Waals surface area contributed by atoms with Gasteiger partial charge in [0.2, 0.25) is 0 Å². The molecule has 0 aliphatic heterocycles. The summed E-state index contributed by atoms with van der Waals surface area (Å²) in [7, 11) is 1.55. The summed E-state index contributed by atoms with van der Waals surface area (Å²) in [4.78, 5) is 10.2. The number of carbonyl (C=O) groups is 1. The largest absolute Gasteiger partial charge is 0.464 e. The maximum atomic E-state index is 10.2. The lowest BCUT2D eigenvalue weighted by Crippen LogP contribution is -2.31. The van der Waals surface area contributed by atoms with Gasteiger partial charge in [0.1, 0.15) is 6.61 Å². The van der Waals surface area contributed by atoms with E-state index in [1.807, 2.05) is 0 Å². The van der Waals surface area contributed by atoms with Crippen LogP contribution in [0.25, 0.3) is 0 Å². The van der Waals surface area contributed by atoms with Crippen molar-refractivity contribution in [2.24, 2.45) is 5.73 Å². The van der Waals surface area contributed by atoms with Crippen molar-refractivity contribution in [2.75, 3.05) is 20.3 Å². The maximum Gasteiger partial charge on any atom is 0.302 e. The molecule has 10 heavy (non-hydrogen) atoms. The molecule has 0 saturated carbocycles. The van der Waals surface area contributed by atoms with E-state index in [1.54, 1.807) is 7.11 Å². The average Bonchev–Trinajstić information content (AvgIpc) is 1.85. The monoisotopic (exact) mass is 147 g/mol. The van der Waals surface area contributed by atoms with Gasteiger partial charge < -0.3 is 15.2 Å². The molecular formula is C6H13NO3. The van der Waals surface area contributed by atoms with Crippen LogP contribution >= 0.6 is 0 Å². The molecule has 0 rings (SSSR count). The Bertz CT molecular complexity index is 105. The molecule has 1 unspecified atom stereocenters. The number of esters is 1. The van der Waals surface area contributed by atoms with E-state index in [2.05, 4.69) is 4.74 Å². The van der Waals surface area contributed by atoms with Crippen molar-refractivity contribution in [3.63, 3.8) is 0 Å². The predicted molar refractivity (Wildman–Crippen MR) is 36.5 cm³/mol. The minimum absolute atomic E-state index is 0.214. The first-order valence-corrected chi connectivity index (χ1v) is 3.04. The van der Waals surface area contributed by atoms with Crippen LogP contribution in [0, 0.1) is 0 Å². The van der Waals surface area contributed by atoms with Crippen LogP contribution in [0.3, 0.4) is 0 Å². The Morgan fingerprint density at radius 3 is 2.60 bits per heavy atom. The summed E-state index contributed by atoms with van der Waals surface area (Å²) in [6, 6.07) is -0.214. The molecule has 0 saturated heterocycles. The molecule has 0 heterocycles. The summed E-state index contributed by atoms with van der Waals surface area (Å²) in [5, 5.41) is 0. The van der Waals surface area contributed by atoms with Crippen molar-refractivity contribution in [2.45, 2.75) is 13.0 Å². The second-order valence-electron chi connectivity index (χ2n) is 2.02. The molecule has 2 N–H and O–H groups in total. The average molecular weight is 147 g/mol. The third-order valence-electron chi connectivity index (χ3n) is 0.881. The highest BCUT2D eigenvalue weighted by Gasteiger charge is 2.02. The molecule has 0 fully saturated rings. The van der Waals surface area contributed by atoms with E-state index in [-0.39, 0.29) is 18.6 Å². The molecule has 0 aliphatic rings. The van der Waals surface area contributed by atoms with Gasteiger partial charge in [0.15, 0.2) is 0 Å². The van der Waals surface area contributed by atoms with Crippen LogP contribution in [-0.2, 0) is 14.3 Å². The number of methoxy groups -OCH3 is 1. The van der Waals surface area contributed by atoms with E-state index in [0.29, 0.717) is 6.61 Å². The number of hydrogen-bond donors (Lipinski definition) is 1. The van der Waals surface area contributed by atoms with E-state index in [9.17, 15) is 4.79 Å². The van der Waals surface area contributed by atoms with Gasteiger partial charge in [-0.15, -0.1) is 0 Å². The smallest absolute Gasteiger partial charge is 0.302 e. The van der Waals surface area contributed by atoms with Crippen molar-refractivity contribution in [3.05, 3.63) is 0 Å². The molecule has 0 amide bonds. The Labute approximate surface area is 60.3 Å². The number of carbonyl (C=O) groups excluding carboxylic acids is 1. The molecule has 0 bridgehead atoms. The van der Waals surface area contributed by atoms with Crippen LogP contribution < -0.4 is 5.73 Å². The Balaban J connectivity index is 3.21. The SMILES string of the molecule is COCC(N)COC(C)=O. The summed E-state index contributed by atoms with van der Waals surface area (Å²) in [6.07, 6.45) is 0. The minimum atomic E-state index is -0.313. The summed E-state index contributed by atoms with van der Waals surface area (Å²) >= 11 is 0. The van der Waals surface area contributed by atoms with Gasteiger partial charge in [-0.2, -0.15) is 0 Å². The van der Waals surface area contributed by atoms with Crippen LogP contribution in [0.15, 0.2) is 0 Å². The zero-order valence-corrected chi connectivity index (χ0v) is 6.29. The van der Waals surface area contributed by atoms with Gasteiger partial charge in [-0.3, -0.25) is 4.79 Å². The summed E-state index contributed by atoms with van der Waals surface area (Å²) in [6.45, 7) is 1.98. The summed E-state index contributed by atoms with van der Waals surface area (Å²) < 4.78 is 9.33. The van der Waals surface area contributed by atoms with Gasteiger partial charge in [-0.1, -0.05) is 0 Å². The van der Waals surface area contributed by atoms with Crippen molar-refractivity contribution >= 4 is 5.97 Å². The first-order chi connectivity index (χ1) is 4.66. The molecule has 0 aromatic rings. The van der Waals surface area contributed by atoms with Crippen LogP contribution in [0.1, 0.15) is 6.92 Å². The van der Waals surface area contributed by atoms with Crippen LogP contribution in [0.4, 0.5) is 0 Å². The molecular weight excluding hydrogens is 134 g/mol. The first-order valence-electron chi connectivity index (χ1n) is 3.04. The van der Waals surface area contributed by atoms with Crippen LogP contribution in [0.5, 0.6) is 0 Å². The summed E-state index contributed by atoms with van der Waals surface area (Å²) in [5.74, 6) is -0.313. The lowest BCUT2D eigenvalue weighted by Gasteiger charge is -2.08. The topological polar surface area (TPSA) is 61.6 Å². The van der Waals surface area contributed by atoms with E-state index in [4.69, 9.17) is 10.5 Å². The zero-order chi connectivity index (χ0) is 7.98. The first kappa shape index (κ1) is 9.39. The molecule has 0 aromatic carbocycles. The molecule has 0 aromatic heterocycles. The molecule has 0 radical (unpaired) electrons. The zero-order valence-electron chi connectivity index (χ0n) is 6.29. The number of nitrogens with two attached hydrogens (primary N) is 1. The van der Waals surface area contributed by atoms with Crippen LogP contribution in [0.2, 0.25) is 0 Å². The number of ether oxygens (including phenoxy) is 2. The fraction of sp³-hybridized carbons (Fsp3) is 0.833. The molecule has 4 nitrogen and oxygen atoms in total. The fourth-order valence-electron chi connectivity index (χ4n) is 0.487. The van der Waals surface area contributed by atoms with E-state index in [0.717, 1.165) is 0 Å². The van der Waals surface area contributed by atoms with Gasteiger partial charge in [-0.25, -0.2) is 0 Å². The highest BCUT2D eigenvalue weighted by molar-refractivity contribution is 5.65. The Kier molecular flexibility index (Phi) is 4.88. The van der Waals surface area contributed by atoms with Gasteiger partial charge in [0, 0.05) is 14.0 Å². The lowest BCUT2D eigenvalue weighted by molar-refractivity contribution is -0.141. The van der Waals surface area contributed by atoms with Gasteiger partial charge in [0.05, 0.1) is 12.6 Å². The van der Waals surface area contributed by atoms with E-state index >= 15 is 0 Å². The Morgan fingerprint density at radius 2 is 2.20 bits per heavy atom. The highest BCUT2D eigenvalue weighted by atomic mass is 16.5. The molecule has 1 atom stereocenters. The molecule has 60 valence electrons. The molecule has 4 heteroatoms. The fourth-order valence-corrected chi connectivity index (χ4v) is 0.487. The van der Waals surface area contributed by atoms with Crippen molar-refractivity contribution < 1.29 is 14.3 Å². The Hall–Kier alpha value is -0.610. The number of rotatable bonds is 4. The third kappa shape index (κ3) is 5.53. The predicted octanol–water partition coefficient (Wildman–Crippen LogP) is -0.477. The highest BCUT2D eigenvalue weighted by Crippen LogP contribution is 1.83. The lowest BCUT2D eigenvalue weighted by atomic mass is 10.4.